The number of carbonyl (C=O) groups is 1. The number of hydrogen-bond acceptors (Lipinski definition) is 1. The van der Waals surface area contributed by atoms with Gasteiger partial charge in [0.05, 0.1) is 11.7 Å². The van der Waals surface area contributed by atoms with E-state index in [0.29, 0.717) is 0 Å². The Morgan fingerprint density at radius 1 is 0.649 bits per heavy atom. The monoisotopic (exact) mass is 479 g/mol. The molecule has 2 aliphatic carbocycles. The van der Waals surface area contributed by atoms with Crippen LogP contribution < -0.4 is 4.90 Å². The Hall–Kier alpha value is -4.43. The first-order chi connectivity index (χ1) is 18.0. The van der Waals surface area contributed by atoms with Gasteiger partial charge < -0.3 is 0 Å². The lowest BCUT2D eigenvalue weighted by atomic mass is 9.97. The van der Waals surface area contributed by atoms with Crippen molar-refractivity contribution >= 4 is 23.2 Å². The highest BCUT2D eigenvalue weighted by atomic mass is 16.2. The summed E-state index contributed by atoms with van der Waals surface area (Å²) in [5, 5.41) is 0. The van der Waals surface area contributed by atoms with Gasteiger partial charge in [-0.25, -0.2) is 0 Å². The number of nitrogens with zero attached hydrogens (tertiary/aromatic N) is 1. The maximum Gasteiger partial charge on any atom is 0.259 e. The zero-order valence-corrected chi connectivity index (χ0v) is 21.4. The molecule has 1 aliphatic heterocycles. The minimum Gasteiger partial charge on any atom is -0.296 e. The Balaban J connectivity index is 1.54. The normalized spacial score (nSPS) is 14.1. The highest BCUT2D eigenvalue weighted by Gasteiger charge is 2.38. The van der Waals surface area contributed by atoms with Gasteiger partial charge in [-0.1, -0.05) is 109 Å². The summed E-state index contributed by atoms with van der Waals surface area (Å²) in [7, 11) is 0. The van der Waals surface area contributed by atoms with Crippen molar-refractivity contribution in [2.75, 3.05) is 4.90 Å². The number of para-hydroxylation sites is 1. The molecule has 0 atom stereocenters. The lowest BCUT2D eigenvalue weighted by Crippen LogP contribution is -2.32. The Morgan fingerprint density at radius 2 is 1.24 bits per heavy atom. The quantitative estimate of drug-likeness (QED) is 0.237. The Kier molecular flexibility index (Phi) is 5.73. The Labute approximate surface area is 218 Å². The topological polar surface area (TPSA) is 20.3 Å². The standard InChI is InChI=1S/C35H29NO/c1-23-20-24(2)29-19-18-28(33(29)25(3)21-23)22-31-30-16-10-11-17-32(30)36(35(31)37)34(26-12-6-4-7-13-26)27-14-8-5-9-15-27/h4-22,34H,1-3H3/b31-22+. The highest BCUT2D eigenvalue weighted by Crippen LogP contribution is 2.45. The third-order valence-corrected chi connectivity index (χ3v) is 7.39. The number of anilines is 1. The lowest BCUT2D eigenvalue weighted by molar-refractivity contribution is -0.113. The molecule has 2 nitrogen and oxygen atoms in total. The zero-order chi connectivity index (χ0) is 25.5. The van der Waals surface area contributed by atoms with Gasteiger partial charge in [0.1, 0.15) is 0 Å². The SMILES string of the molecule is Cc1cc(C)c2ccc(/C=C3/C(=O)N(C(c4ccccc4)c4ccccc4)c4ccccc43)c-2c(C)c1. The van der Waals surface area contributed by atoms with Gasteiger partial charge in [-0.15, -0.1) is 0 Å². The third-order valence-electron chi connectivity index (χ3n) is 7.39. The lowest BCUT2D eigenvalue weighted by Gasteiger charge is -2.29. The fourth-order valence-corrected chi connectivity index (χ4v) is 5.84. The van der Waals surface area contributed by atoms with Crippen LogP contribution in [0, 0.1) is 20.8 Å². The largest absolute Gasteiger partial charge is 0.296 e. The smallest absolute Gasteiger partial charge is 0.259 e. The van der Waals surface area contributed by atoms with E-state index < -0.39 is 0 Å². The maximum atomic E-state index is 14.3. The molecule has 0 bridgehead atoms. The number of benzene rings is 3. The molecule has 2 heteroatoms. The molecular weight excluding hydrogens is 450 g/mol. The van der Waals surface area contributed by atoms with E-state index in [9.17, 15) is 4.79 Å². The van der Waals surface area contributed by atoms with Crippen LogP contribution in [0.15, 0.2) is 109 Å². The number of fused-ring (bicyclic) bond motifs is 2. The molecule has 1 heterocycles. The van der Waals surface area contributed by atoms with Crippen molar-refractivity contribution in [1.82, 2.24) is 0 Å². The van der Waals surface area contributed by atoms with Crippen LogP contribution in [0.2, 0.25) is 0 Å². The van der Waals surface area contributed by atoms with Crippen LogP contribution in [0.5, 0.6) is 0 Å². The molecule has 0 radical (unpaired) electrons. The molecular formula is C35H29NO. The van der Waals surface area contributed by atoms with Gasteiger partial charge >= 0.3 is 0 Å². The second-order valence-corrected chi connectivity index (χ2v) is 9.95. The second-order valence-electron chi connectivity index (χ2n) is 9.95. The maximum absolute atomic E-state index is 14.3. The summed E-state index contributed by atoms with van der Waals surface area (Å²) in [4.78, 5) is 16.3. The van der Waals surface area contributed by atoms with Crippen LogP contribution in [0.4, 0.5) is 5.69 Å². The molecule has 0 unspecified atom stereocenters. The van der Waals surface area contributed by atoms with Gasteiger partial charge in [-0.2, -0.15) is 0 Å². The van der Waals surface area contributed by atoms with Crippen LogP contribution in [0.3, 0.4) is 0 Å². The van der Waals surface area contributed by atoms with E-state index in [4.69, 9.17) is 0 Å². The Bertz CT molecular complexity index is 1580. The van der Waals surface area contributed by atoms with Crippen LogP contribution in [0.25, 0.3) is 22.8 Å². The molecule has 6 rings (SSSR count). The van der Waals surface area contributed by atoms with Crippen LogP contribution in [-0.2, 0) is 4.79 Å². The van der Waals surface area contributed by atoms with Gasteiger partial charge in [0.15, 0.2) is 0 Å². The molecule has 3 aliphatic rings. The molecule has 1 amide bonds. The number of rotatable bonds is 4. The number of carbonyl (C=O) groups excluding carboxylic acids is 1. The van der Waals surface area contributed by atoms with Crippen molar-refractivity contribution in [1.29, 1.82) is 0 Å². The minimum absolute atomic E-state index is 0.0270. The summed E-state index contributed by atoms with van der Waals surface area (Å²) >= 11 is 0. The van der Waals surface area contributed by atoms with Crippen molar-refractivity contribution in [2.45, 2.75) is 26.8 Å². The van der Waals surface area contributed by atoms with Gasteiger partial charge in [-0.05, 0) is 71.9 Å². The first kappa shape index (κ1) is 23.0. The fraction of sp³-hybridized carbons (Fsp3) is 0.114. The van der Waals surface area contributed by atoms with Crippen LogP contribution in [0.1, 0.15) is 45.0 Å². The van der Waals surface area contributed by atoms with E-state index in [1.54, 1.807) is 0 Å². The summed E-state index contributed by atoms with van der Waals surface area (Å²) < 4.78 is 0. The van der Waals surface area contributed by atoms with Gasteiger partial charge in [0.25, 0.3) is 5.91 Å². The van der Waals surface area contributed by atoms with Crippen molar-refractivity contribution < 1.29 is 4.79 Å². The molecule has 0 N–H and O–H groups in total. The molecule has 0 saturated heterocycles. The predicted octanol–water partition coefficient (Wildman–Crippen LogP) is 8.39. The van der Waals surface area contributed by atoms with E-state index >= 15 is 0 Å². The highest BCUT2D eigenvalue weighted by molar-refractivity contribution is 6.36. The van der Waals surface area contributed by atoms with Crippen LogP contribution >= 0.6 is 0 Å². The van der Waals surface area contributed by atoms with E-state index in [0.717, 1.165) is 33.5 Å². The van der Waals surface area contributed by atoms with Crippen molar-refractivity contribution in [3.63, 3.8) is 0 Å². The minimum atomic E-state index is -0.220. The summed E-state index contributed by atoms with van der Waals surface area (Å²) in [5.41, 5.74) is 12.1. The average Bonchev–Trinajstić information content (AvgIpc) is 3.42. The second kappa shape index (κ2) is 9.22. The molecule has 0 fully saturated rings. The molecule has 3 aromatic carbocycles. The van der Waals surface area contributed by atoms with Gasteiger partial charge in [-0.3, -0.25) is 9.69 Å². The van der Waals surface area contributed by atoms with E-state index in [1.807, 2.05) is 53.4 Å². The van der Waals surface area contributed by atoms with Crippen LogP contribution in [-0.4, -0.2) is 5.91 Å². The van der Waals surface area contributed by atoms with E-state index in [1.165, 1.54) is 27.8 Å². The molecule has 0 spiro atoms. The molecule has 37 heavy (non-hydrogen) atoms. The van der Waals surface area contributed by atoms with Crippen molar-refractivity contribution in [3.8, 4) is 11.1 Å². The molecule has 3 aromatic rings. The Morgan fingerprint density at radius 3 is 1.92 bits per heavy atom. The third kappa shape index (κ3) is 3.95. The van der Waals surface area contributed by atoms with Gasteiger partial charge in [0, 0.05) is 11.1 Å². The van der Waals surface area contributed by atoms with Crippen molar-refractivity contribution in [3.05, 3.63) is 148 Å². The van der Waals surface area contributed by atoms with Gasteiger partial charge in [0.2, 0.25) is 0 Å². The fourth-order valence-electron chi connectivity index (χ4n) is 5.84. The van der Waals surface area contributed by atoms with E-state index in [-0.39, 0.29) is 11.9 Å². The summed E-state index contributed by atoms with van der Waals surface area (Å²) in [6, 6.07) is 37.4. The summed E-state index contributed by atoms with van der Waals surface area (Å²) in [5.74, 6) is 0.0270. The molecule has 180 valence electrons. The average molecular weight is 480 g/mol. The predicted molar refractivity (Wildman–Crippen MR) is 154 cm³/mol. The number of amides is 1. The first-order valence-electron chi connectivity index (χ1n) is 12.8. The zero-order valence-electron chi connectivity index (χ0n) is 21.4. The number of hydrogen-bond donors (Lipinski definition) is 0. The first-order valence-corrected chi connectivity index (χ1v) is 12.8. The molecule has 0 aromatic heterocycles. The summed E-state index contributed by atoms with van der Waals surface area (Å²) in [6.07, 6.45) is 2.10. The summed E-state index contributed by atoms with van der Waals surface area (Å²) in [6.45, 7) is 6.46. The van der Waals surface area contributed by atoms with Crippen molar-refractivity contribution in [2.24, 2.45) is 0 Å². The molecule has 0 saturated carbocycles. The van der Waals surface area contributed by atoms with E-state index in [2.05, 4.69) is 87.5 Å². The number of aryl methyl sites for hydroxylation is 3.